The molecule has 1 aliphatic heterocycles. The highest BCUT2D eigenvalue weighted by Crippen LogP contribution is 2.14. The molecule has 5 heteroatoms. The third-order valence-electron chi connectivity index (χ3n) is 2.55. The fourth-order valence-electron chi connectivity index (χ4n) is 1.77. The Morgan fingerprint density at radius 2 is 2.23 bits per heavy atom. The summed E-state index contributed by atoms with van der Waals surface area (Å²) in [6.07, 6.45) is 0. The first kappa shape index (κ1) is 10.9. The molecule has 1 saturated heterocycles. The molecule has 78 valence electrons. The number of hydrogen-bond acceptors (Lipinski definition) is 4. The summed E-state index contributed by atoms with van der Waals surface area (Å²) in [5.41, 5.74) is 0. The molecule has 2 atom stereocenters. The van der Waals surface area contributed by atoms with Crippen LogP contribution >= 0.6 is 0 Å². The van der Waals surface area contributed by atoms with Gasteiger partial charge >= 0.3 is 0 Å². The van der Waals surface area contributed by atoms with Crippen LogP contribution in [0.25, 0.3) is 0 Å². The van der Waals surface area contributed by atoms with Crippen LogP contribution in [0.4, 0.5) is 0 Å². The van der Waals surface area contributed by atoms with E-state index in [0.29, 0.717) is 6.54 Å². The van der Waals surface area contributed by atoms with Gasteiger partial charge in [-0.25, -0.2) is 8.42 Å². The molecular formula is C8H17NO3S. The largest absolute Gasteiger partial charge is 0.395 e. The molecule has 0 aromatic heterocycles. The molecule has 1 heterocycles. The highest BCUT2D eigenvalue weighted by Gasteiger charge is 2.30. The normalized spacial score (nSPS) is 31.5. The highest BCUT2D eigenvalue weighted by molar-refractivity contribution is 7.91. The number of nitrogens with zero attached hydrogens (tertiary/aromatic N) is 1. The van der Waals surface area contributed by atoms with Crippen LogP contribution < -0.4 is 0 Å². The van der Waals surface area contributed by atoms with Crippen molar-refractivity contribution in [2.75, 3.05) is 24.7 Å². The van der Waals surface area contributed by atoms with Gasteiger partial charge in [-0.15, -0.1) is 0 Å². The maximum Gasteiger partial charge on any atom is 0.153 e. The zero-order valence-corrected chi connectivity index (χ0v) is 8.92. The Bertz CT molecular complexity index is 263. The summed E-state index contributed by atoms with van der Waals surface area (Å²) in [4.78, 5) is 2.04. The Morgan fingerprint density at radius 1 is 1.62 bits per heavy atom. The summed E-state index contributed by atoms with van der Waals surface area (Å²) < 4.78 is 22.5. The smallest absolute Gasteiger partial charge is 0.153 e. The first-order valence-electron chi connectivity index (χ1n) is 4.53. The van der Waals surface area contributed by atoms with Gasteiger partial charge in [0.25, 0.3) is 0 Å². The standard InChI is InChI=1S/C8H17NO3S/c1-7(5-10)9-3-4-13(11,12)6-8(9)2/h7-8,10H,3-6H2,1-2H3. The summed E-state index contributed by atoms with van der Waals surface area (Å²) in [5.74, 6) is 0.443. The zero-order chi connectivity index (χ0) is 10.1. The lowest BCUT2D eigenvalue weighted by Gasteiger charge is -2.36. The van der Waals surface area contributed by atoms with Crippen molar-refractivity contribution in [3.05, 3.63) is 0 Å². The van der Waals surface area contributed by atoms with Gasteiger partial charge in [0.1, 0.15) is 0 Å². The van der Waals surface area contributed by atoms with Crippen molar-refractivity contribution in [1.29, 1.82) is 0 Å². The molecule has 1 fully saturated rings. The monoisotopic (exact) mass is 207 g/mol. The Hall–Kier alpha value is -0.130. The highest BCUT2D eigenvalue weighted by atomic mass is 32.2. The maximum atomic E-state index is 11.2. The van der Waals surface area contributed by atoms with Crippen LogP contribution in [0, 0.1) is 0 Å². The predicted molar refractivity (Wildman–Crippen MR) is 51.4 cm³/mol. The average Bonchev–Trinajstić information content (AvgIpc) is 2.01. The molecule has 0 saturated carbocycles. The minimum Gasteiger partial charge on any atom is -0.395 e. The molecule has 1 N–H and O–H groups in total. The summed E-state index contributed by atoms with van der Waals surface area (Å²) in [6.45, 7) is 4.44. The lowest BCUT2D eigenvalue weighted by molar-refractivity contribution is 0.110. The Kier molecular flexibility index (Phi) is 3.32. The number of aliphatic hydroxyl groups excluding tert-OH is 1. The Balaban J connectivity index is 2.64. The molecule has 0 amide bonds. The summed E-state index contributed by atoms with van der Waals surface area (Å²) in [6, 6.07) is 0.0893. The maximum absolute atomic E-state index is 11.2. The van der Waals surface area contributed by atoms with Crippen LogP contribution in [0.3, 0.4) is 0 Å². The number of sulfone groups is 1. The third kappa shape index (κ3) is 2.65. The number of aliphatic hydroxyl groups is 1. The van der Waals surface area contributed by atoms with Crippen LogP contribution in [0.5, 0.6) is 0 Å². The molecule has 0 radical (unpaired) electrons. The lowest BCUT2D eigenvalue weighted by Crippen LogP contribution is -2.51. The molecule has 0 spiro atoms. The fraction of sp³-hybridized carbons (Fsp3) is 1.00. The van der Waals surface area contributed by atoms with E-state index in [2.05, 4.69) is 0 Å². The quantitative estimate of drug-likeness (QED) is 0.662. The summed E-state index contributed by atoms with van der Waals surface area (Å²) in [7, 11) is -2.83. The van der Waals surface area contributed by atoms with Crippen molar-refractivity contribution in [3.8, 4) is 0 Å². The molecule has 0 bridgehead atoms. The average molecular weight is 207 g/mol. The van der Waals surface area contributed by atoms with Gasteiger partial charge in [0.05, 0.1) is 18.1 Å². The Labute approximate surface area is 79.5 Å². The van der Waals surface area contributed by atoms with E-state index in [1.54, 1.807) is 0 Å². The molecule has 0 aromatic carbocycles. The molecule has 0 aliphatic carbocycles. The van der Waals surface area contributed by atoms with Crippen LogP contribution in [-0.2, 0) is 9.84 Å². The topological polar surface area (TPSA) is 57.6 Å². The zero-order valence-electron chi connectivity index (χ0n) is 8.10. The van der Waals surface area contributed by atoms with Crippen LogP contribution in [-0.4, -0.2) is 55.2 Å². The van der Waals surface area contributed by atoms with Gasteiger partial charge in [0.2, 0.25) is 0 Å². The Morgan fingerprint density at radius 3 is 2.69 bits per heavy atom. The molecule has 1 aliphatic rings. The van der Waals surface area contributed by atoms with E-state index in [1.165, 1.54) is 0 Å². The van der Waals surface area contributed by atoms with Crippen molar-refractivity contribution in [2.45, 2.75) is 25.9 Å². The molecule has 1 rings (SSSR count). The van der Waals surface area contributed by atoms with Gasteiger partial charge < -0.3 is 5.11 Å². The first-order valence-corrected chi connectivity index (χ1v) is 6.35. The fourth-order valence-corrected chi connectivity index (χ4v) is 3.35. The van der Waals surface area contributed by atoms with Crippen LogP contribution in [0.15, 0.2) is 0 Å². The van der Waals surface area contributed by atoms with Gasteiger partial charge in [0, 0.05) is 18.6 Å². The van der Waals surface area contributed by atoms with Gasteiger partial charge in [0.15, 0.2) is 9.84 Å². The van der Waals surface area contributed by atoms with Gasteiger partial charge in [-0.2, -0.15) is 0 Å². The van der Waals surface area contributed by atoms with Gasteiger partial charge in [-0.1, -0.05) is 0 Å². The molecule has 4 nitrogen and oxygen atoms in total. The number of hydrogen-bond donors (Lipinski definition) is 1. The van der Waals surface area contributed by atoms with E-state index in [-0.39, 0.29) is 30.2 Å². The van der Waals surface area contributed by atoms with E-state index in [0.717, 1.165) is 0 Å². The second-order valence-electron chi connectivity index (χ2n) is 3.73. The second-order valence-corrected chi connectivity index (χ2v) is 5.96. The summed E-state index contributed by atoms with van der Waals surface area (Å²) in [5, 5.41) is 8.94. The van der Waals surface area contributed by atoms with Crippen molar-refractivity contribution in [3.63, 3.8) is 0 Å². The van der Waals surface area contributed by atoms with Crippen LogP contribution in [0.2, 0.25) is 0 Å². The van der Waals surface area contributed by atoms with E-state index in [9.17, 15) is 8.42 Å². The van der Waals surface area contributed by atoms with Crippen molar-refractivity contribution >= 4 is 9.84 Å². The predicted octanol–water partition coefficient (Wildman–Crippen LogP) is -0.514. The molecule has 2 unspecified atom stereocenters. The van der Waals surface area contributed by atoms with Crippen LogP contribution in [0.1, 0.15) is 13.8 Å². The third-order valence-corrected chi connectivity index (χ3v) is 4.35. The van der Waals surface area contributed by atoms with Crippen molar-refractivity contribution in [2.24, 2.45) is 0 Å². The lowest BCUT2D eigenvalue weighted by atomic mass is 10.2. The number of rotatable bonds is 2. The summed E-state index contributed by atoms with van der Waals surface area (Å²) >= 11 is 0. The minimum absolute atomic E-state index is 0.0286. The van der Waals surface area contributed by atoms with E-state index < -0.39 is 9.84 Å². The first-order chi connectivity index (χ1) is 5.96. The molecule has 0 aromatic rings. The molecular weight excluding hydrogens is 190 g/mol. The van der Waals surface area contributed by atoms with E-state index in [1.807, 2.05) is 18.7 Å². The van der Waals surface area contributed by atoms with Gasteiger partial charge in [-0.3, -0.25) is 4.90 Å². The molecule has 13 heavy (non-hydrogen) atoms. The van der Waals surface area contributed by atoms with E-state index >= 15 is 0 Å². The van der Waals surface area contributed by atoms with Crippen molar-refractivity contribution in [1.82, 2.24) is 4.90 Å². The van der Waals surface area contributed by atoms with E-state index in [4.69, 9.17) is 5.11 Å². The van der Waals surface area contributed by atoms with Gasteiger partial charge in [-0.05, 0) is 13.8 Å². The minimum atomic E-state index is -2.83. The second kappa shape index (κ2) is 3.94. The SMILES string of the molecule is CC(CO)N1CCS(=O)(=O)CC1C. The van der Waals surface area contributed by atoms with Crippen molar-refractivity contribution < 1.29 is 13.5 Å².